The highest BCUT2D eigenvalue weighted by molar-refractivity contribution is 6.47. The van der Waals surface area contributed by atoms with Crippen LogP contribution in [0.5, 0.6) is 5.75 Å². The quantitative estimate of drug-likeness (QED) is 0.624. The molecule has 3 N–H and O–H groups in total. The number of piperazine rings is 1. The molecule has 1 atom stereocenters. The van der Waals surface area contributed by atoms with Crippen molar-refractivity contribution in [2.24, 2.45) is 0 Å². The fourth-order valence-corrected chi connectivity index (χ4v) is 3.97. The van der Waals surface area contributed by atoms with Gasteiger partial charge in [0.25, 0.3) is 0 Å². The van der Waals surface area contributed by atoms with Gasteiger partial charge >= 0.3 is 13.1 Å². The van der Waals surface area contributed by atoms with Crippen molar-refractivity contribution in [3.63, 3.8) is 0 Å². The Labute approximate surface area is 175 Å². The molecule has 0 bridgehead atoms. The molecule has 9 heteroatoms. The van der Waals surface area contributed by atoms with E-state index in [1.807, 2.05) is 18.2 Å². The van der Waals surface area contributed by atoms with E-state index in [-0.39, 0.29) is 23.8 Å². The second-order valence-corrected chi connectivity index (χ2v) is 7.58. The first kappa shape index (κ1) is 20.2. The summed E-state index contributed by atoms with van der Waals surface area (Å²) in [6.45, 7) is 3.48. The molecule has 2 aliphatic rings. The van der Waals surface area contributed by atoms with E-state index >= 15 is 0 Å². The monoisotopic (exact) mass is 409 g/mol. The highest BCUT2D eigenvalue weighted by Crippen LogP contribution is 2.30. The average Bonchev–Trinajstić information content (AvgIpc) is 2.75. The molecule has 1 fully saturated rings. The lowest BCUT2D eigenvalue weighted by Crippen LogP contribution is -2.56. The molecule has 156 valence electrons. The normalized spacial score (nSPS) is 19.0. The van der Waals surface area contributed by atoms with Gasteiger partial charge in [0.05, 0.1) is 18.0 Å². The summed E-state index contributed by atoms with van der Waals surface area (Å²) >= 11 is 0. The van der Waals surface area contributed by atoms with Gasteiger partial charge in [-0.05, 0) is 30.2 Å². The molecule has 1 amide bonds. The van der Waals surface area contributed by atoms with Crippen LogP contribution in [0.3, 0.4) is 0 Å². The molecular formula is C21H24BN3O5. The molecule has 1 saturated heterocycles. The standard InChI is InChI=1S/C21H24BN3O5/c26-19(14-24-9-11-25(12-10-24)16-6-2-1-3-7-16)23-18-13-15-5-4-8-17(21(27)28)20(15)30-22(18)29/h1-8,18,29H,9-14H2,(H,23,26)(H,27,28)/t18-/m0/s1. The lowest BCUT2D eigenvalue weighted by atomic mass is 9.72. The average molecular weight is 409 g/mol. The van der Waals surface area contributed by atoms with Crippen molar-refractivity contribution in [1.29, 1.82) is 0 Å². The number of nitrogens with zero attached hydrogens (tertiary/aromatic N) is 2. The van der Waals surface area contributed by atoms with Crippen molar-refractivity contribution < 1.29 is 24.4 Å². The minimum absolute atomic E-state index is 0.00705. The van der Waals surface area contributed by atoms with Gasteiger partial charge in [0.15, 0.2) is 0 Å². The summed E-state index contributed by atoms with van der Waals surface area (Å²) in [5.74, 6) is -1.76. The highest BCUT2D eigenvalue weighted by atomic mass is 16.5. The first-order valence-corrected chi connectivity index (χ1v) is 10.0. The Morgan fingerprint density at radius 3 is 2.50 bits per heavy atom. The number of hydrogen-bond donors (Lipinski definition) is 3. The first-order valence-electron chi connectivity index (χ1n) is 10.0. The first-order chi connectivity index (χ1) is 14.5. The number of amides is 1. The molecule has 30 heavy (non-hydrogen) atoms. The summed E-state index contributed by atoms with van der Waals surface area (Å²) in [7, 11) is -1.29. The molecule has 2 aliphatic heterocycles. The molecule has 2 aromatic carbocycles. The number of carboxylic acid groups (broad SMARTS) is 1. The number of anilines is 1. The van der Waals surface area contributed by atoms with Crippen molar-refractivity contribution in [2.75, 3.05) is 37.6 Å². The third-order valence-electron chi connectivity index (χ3n) is 5.56. The van der Waals surface area contributed by atoms with Crippen molar-refractivity contribution >= 4 is 24.7 Å². The van der Waals surface area contributed by atoms with E-state index in [1.165, 1.54) is 11.8 Å². The molecule has 0 unspecified atom stereocenters. The zero-order valence-corrected chi connectivity index (χ0v) is 16.5. The summed E-state index contributed by atoms with van der Waals surface area (Å²) in [5.41, 5.74) is 1.85. The maximum Gasteiger partial charge on any atom is 0.547 e. The Bertz CT molecular complexity index is 918. The van der Waals surface area contributed by atoms with Crippen LogP contribution in [0.15, 0.2) is 48.5 Å². The maximum atomic E-state index is 12.5. The molecule has 2 heterocycles. The van der Waals surface area contributed by atoms with Gasteiger partial charge in [0.2, 0.25) is 5.91 Å². The van der Waals surface area contributed by atoms with Gasteiger partial charge in [-0.2, -0.15) is 0 Å². The Morgan fingerprint density at radius 2 is 1.80 bits per heavy atom. The smallest absolute Gasteiger partial charge is 0.534 e. The summed E-state index contributed by atoms with van der Waals surface area (Å²) in [4.78, 5) is 28.3. The summed E-state index contributed by atoms with van der Waals surface area (Å²) in [6.07, 6.45) is 0.311. The number of para-hydroxylation sites is 2. The van der Waals surface area contributed by atoms with Crippen LogP contribution < -0.4 is 14.9 Å². The minimum Gasteiger partial charge on any atom is -0.534 e. The number of benzene rings is 2. The number of nitrogens with one attached hydrogen (secondary N) is 1. The van der Waals surface area contributed by atoms with Crippen LogP contribution in [0.2, 0.25) is 0 Å². The Kier molecular flexibility index (Phi) is 5.92. The lowest BCUT2D eigenvalue weighted by molar-refractivity contribution is -0.122. The summed E-state index contributed by atoms with van der Waals surface area (Å²) < 4.78 is 5.43. The highest BCUT2D eigenvalue weighted by Gasteiger charge is 2.37. The van der Waals surface area contributed by atoms with Gasteiger partial charge < -0.3 is 25.0 Å². The number of carbonyl (C=O) groups is 2. The molecule has 0 radical (unpaired) electrons. The van der Waals surface area contributed by atoms with E-state index in [4.69, 9.17) is 4.65 Å². The molecular weight excluding hydrogens is 385 g/mol. The molecule has 4 rings (SSSR count). The fourth-order valence-electron chi connectivity index (χ4n) is 3.97. The second-order valence-electron chi connectivity index (χ2n) is 7.58. The molecule has 2 aromatic rings. The van der Waals surface area contributed by atoms with E-state index in [2.05, 4.69) is 27.2 Å². The van der Waals surface area contributed by atoms with Crippen LogP contribution >= 0.6 is 0 Å². The van der Waals surface area contributed by atoms with E-state index in [9.17, 15) is 19.7 Å². The van der Waals surface area contributed by atoms with Gasteiger partial charge in [-0.1, -0.05) is 30.3 Å². The van der Waals surface area contributed by atoms with Crippen LogP contribution in [0.1, 0.15) is 15.9 Å². The lowest BCUT2D eigenvalue weighted by Gasteiger charge is -2.36. The van der Waals surface area contributed by atoms with Crippen LogP contribution in [0.4, 0.5) is 5.69 Å². The number of carbonyl (C=O) groups excluding carboxylic acids is 1. The van der Waals surface area contributed by atoms with Crippen molar-refractivity contribution in [1.82, 2.24) is 10.2 Å². The molecule has 0 aromatic heterocycles. The van der Waals surface area contributed by atoms with Crippen LogP contribution in [0, 0.1) is 0 Å². The van der Waals surface area contributed by atoms with Gasteiger partial charge in [-0.25, -0.2) is 4.79 Å². The van der Waals surface area contributed by atoms with Crippen LogP contribution in [-0.2, 0) is 11.2 Å². The van der Waals surface area contributed by atoms with Crippen LogP contribution in [-0.4, -0.2) is 72.7 Å². The van der Waals surface area contributed by atoms with E-state index in [0.29, 0.717) is 12.0 Å². The number of hydrogen-bond acceptors (Lipinski definition) is 6. The van der Waals surface area contributed by atoms with Gasteiger partial charge in [0, 0.05) is 31.9 Å². The Balaban J connectivity index is 1.31. The number of aromatic carboxylic acids is 1. The summed E-state index contributed by atoms with van der Waals surface area (Å²) in [5, 5.41) is 22.4. The van der Waals surface area contributed by atoms with Gasteiger partial charge in [-0.15, -0.1) is 0 Å². The SMILES string of the molecule is O=C(CN1CCN(c2ccccc2)CC1)N[C@H]1Cc2cccc(C(=O)O)c2OB1O. The largest absolute Gasteiger partial charge is 0.547 e. The molecule has 0 saturated carbocycles. The number of rotatable bonds is 5. The summed E-state index contributed by atoms with van der Waals surface area (Å²) in [6, 6.07) is 15.0. The number of carboxylic acids is 1. The number of fused-ring (bicyclic) bond motifs is 1. The second kappa shape index (κ2) is 8.77. The van der Waals surface area contributed by atoms with Gasteiger partial charge in [-0.3, -0.25) is 9.69 Å². The molecule has 8 nitrogen and oxygen atoms in total. The van der Waals surface area contributed by atoms with Gasteiger partial charge in [0.1, 0.15) is 5.75 Å². The van der Waals surface area contributed by atoms with Crippen molar-refractivity contribution in [3.8, 4) is 5.75 Å². The van der Waals surface area contributed by atoms with Crippen molar-refractivity contribution in [2.45, 2.75) is 12.4 Å². The third-order valence-corrected chi connectivity index (χ3v) is 5.56. The Morgan fingerprint density at radius 1 is 1.07 bits per heavy atom. The third kappa shape index (κ3) is 4.42. The zero-order valence-electron chi connectivity index (χ0n) is 16.5. The molecule has 0 spiro atoms. The molecule has 0 aliphatic carbocycles. The fraction of sp³-hybridized carbons (Fsp3) is 0.333. The zero-order chi connectivity index (χ0) is 21.1. The van der Waals surface area contributed by atoms with E-state index < -0.39 is 19.0 Å². The van der Waals surface area contributed by atoms with Crippen molar-refractivity contribution in [3.05, 3.63) is 59.7 Å². The predicted octanol–water partition coefficient (Wildman–Crippen LogP) is 0.646. The maximum absolute atomic E-state index is 12.5. The van der Waals surface area contributed by atoms with E-state index in [1.54, 1.807) is 12.1 Å². The van der Waals surface area contributed by atoms with E-state index in [0.717, 1.165) is 26.2 Å². The minimum atomic E-state index is -1.29. The Hall–Kier alpha value is -3.04. The predicted molar refractivity (Wildman–Crippen MR) is 113 cm³/mol. The topological polar surface area (TPSA) is 102 Å². The van der Waals surface area contributed by atoms with Crippen LogP contribution in [0.25, 0.3) is 0 Å².